The highest BCUT2D eigenvalue weighted by atomic mass is 79.9. The largest absolute Gasteiger partial charge is 0.488 e. The predicted octanol–water partition coefficient (Wildman–Crippen LogP) is 3.38. The van der Waals surface area contributed by atoms with Crippen LogP contribution < -0.4 is 4.74 Å². The first-order chi connectivity index (χ1) is 5.59. The van der Waals surface area contributed by atoms with Crippen molar-refractivity contribution < 1.29 is 9.13 Å². The minimum absolute atomic E-state index is 0.00574. The zero-order valence-electron chi connectivity index (χ0n) is 6.97. The van der Waals surface area contributed by atoms with Crippen molar-refractivity contribution >= 4 is 15.9 Å². The van der Waals surface area contributed by atoms with Crippen molar-refractivity contribution in [2.45, 2.75) is 20.0 Å². The van der Waals surface area contributed by atoms with Crippen LogP contribution in [-0.2, 0) is 0 Å². The first-order valence-corrected chi connectivity index (χ1v) is 4.50. The van der Waals surface area contributed by atoms with Crippen LogP contribution in [0.4, 0.5) is 4.39 Å². The molecule has 0 unspecified atom stereocenters. The van der Waals surface area contributed by atoms with E-state index in [4.69, 9.17) is 4.74 Å². The number of hydrogen-bond acceptors (Lipinski definition) is 1. The van der Waals surface area contributed by atoms with Gasteiger partial charge in [0.15, 0.2) is 11.6 Å². The molecule has 66 valence electrons. The van der Waals surface area contributed by atoms with Gasteiger partial charge in [-0.1, -0.05) is 15.9 Å². The standard InChI is InChI=1S/C9H10BrFO/c1-6(2)12-9-5-7(10)3-4-8(9)11/h3-6H,1-2H3. The van der Waals surface area contributed by atoms with Gasteiger partial charge in [-0.3, -0.25) is 0 Å². The molecule has 1 rings (SSSR count). The van der Waals surface area contributed by atoms with E-state index in [1.165, 1.54) is 6.07 Å². The lowest BCUT2D eigenvalue weighted by atomic mass is 10.3. The normalized spacial score (nSPS) is 10.4. The second-order valence-corrected chi connectivity index (χ2v) is 3.66. The maximum absolute atomic E-state index is 13.0. The lowest BCUT2D eigenvalue weighted by Crippen LogP contribution is -2.06. The Morgan fingerprint density at radius 2 is 2.08 bits per heavy atom. The van der Waals surface area contributed by atoms with Crippen LogP contribution in [0.15, 0.2) is 22.7 Å². The van der Waals surface area contributed by atoms with Gasteiger partial charge >= 0.3 is 0 Å². The highest BCUT2D eigenvalue weighted by Gasteiger charge is 2.04. The number of halogens is 2. The van der Waals surface area contributed by atoms with Crippen LogP contribution in [-0.4, -0.2) is 6.10 Å². The number of hydrogen-bond donors (Lipinski definition) is 0. The molecule has 0 atom stereocenters. The zero-order chi connectivity index (χ0) is 9.14. The molecule has 1 nitrogen and oxygen atoms in total. The summed E-state index contributed by atoms with van der Waals surface area (Å²) >= 11 is 3.24. The average molecular weight is 233 g/mol. The Bertz CT molecular complexity index is 273. The van der Waals surface area contributed by atoms with E-state index in [0.29, 0.717) is 5.75 Å². The van der Waals surface area contributed by atoms with Gasteiger partial charge in [0.05, 0.1) is 6.10 Å². The Balaban J connectivity index is 2.90. The molecule has 0 aliphatic heterocycles. The molecule has 0 spiro atoms. The van der Waals surface area contributed by atoms with Gasteiger partial charge in [-0.25, -0.2) is 4.39 Å². The van der Waals surface area contributed by atoms with E-state index < -0.39 is 0 Å². The molecule has 0 amide bonds. The van der Waals surface area contributed by atoms with Crippen molar-refractivity contribution in [1.29, 1.82) is 0 Å². The van der Waals surface area contributed by atoms with Gasteiger partial charge in [0, 0.05) is 4.47 Å². The summed E-state index contributed by atoms with van der Waals surface area (Å²) in [5.74, 6) is -0.0359. The minimum Gasteiger partial charge on any atom is -0.488 e. The van der Waals surface area contributed by atoms with Crippen molar-refractivity contribution in [1.82, 2.24) is 0 Å². The highest BCUT2D eigenvalue weighted by molar-refractivity contribution is 9.10. The molecule has 1 aromatic carbocycles. The van der Waals surface area contributed by atoms with E-state index in [2.05, 4.69) is 15.9 Å². The van der Waals surface area contributed by atoms with Gasteiger partial charge in [-0.15, -0.1) is 0 Å². The van der Waals surface area contributed by atoms with E-state index in [9.17, 15) is 4.39 Å². The second-order valence-electron chi connectivity index (χ2n) is 2.74. The topological polar surface area (TPSA) is 9.23 Å². The first-order valence-electron chi connectivity index (χ1n) is 3.71. The van der Waals surface area contributed by atoms with Crippen LogP contribution in [0.2, 0.25) is 0 Å². The van der Waals surface area contributed by atoms with Gasteiger partial charge in [0.25, 0.3) is 0 Å². The van der Waals surface area contributed by atoms with Crippen molar-refractivity contribution in [3.63, 3.8) is 0 Å². The first kappa shape index (κ1) is 9.52. The monoisotopic (exact) mass is 232 g/mol. The van der Waals surface area contributed by atoms with E-state index in [1.807, 2.05) is 13.8 Å². The molecule has 0 saturated carbocycles. The predicted molar refractivity (Wildman–Crippen MR) is 49.9 cm³/mol. The van der Waals surface area contributed by atoms with Crippen LogP contribution in [0, 0.1) is 5.82 Å². The average Bonchev–Trinajstić information content (AvgIpc) is 1.96. The van der Waals surface area contributed by atoms with Gasteiger partial charge < -0.3 is 4.74 Å². The molecule has 0 N–H and O–H groups in total. The molecule has 0 aliphatic carbocycles. The Morgan fingerprint density at radius 1 is 1.42 bits per heavy atom. The summed E-state index contributed by atoms with van der Waals surface area (Å²) in [5, 5.41) is 0. The summed E-state index contributed by atoms with van der Waals surface area (Å²) in [6.07, 6.45) is -0.00574. The summed E-state index contributed by atoms with van der Waals surface area (Å²) in [6.45, 7) is 3.72. The third kappa shape index (κ3) is 2.48. The lowest BCUT2D eigenvalue weighted by Gasteiger charge is -2.10. The second kappa shape index (κ2) is 3.90. The number of benzene rings is 1. The highest BCUT2D eigenvalue weighted by Crippen LogP contribution is 2.22. The van der Waals surface area contributed by atoms with Crippen LogP contribution in [0.1, 0.15) is 13.8 Å². The molecule has 0 heterocycles. The number of ether oxygens (including phenoxy) is 1. The summed E-state index contributed by atoms with van der Waals surface area (Å²) in [4.78, 5) is 0. The van der Waals surface area contributed by atoms with Crippen LogP contribution in [0.3, 0.4) is 0 Å². The zero-order valence-corrected chi connectivity index (χ0v) is 8.56. The fourth-order valence-electron chi connectivity index (χ4n) is 0.821. The lowest BCUT2D eigenvalue weighted by molar-refractivity contribution is 0.231. The van der Waals surface area contributed by atoms with E-state index in [0.717, 1.165) is 4.47 Å². The fraction of sp³-hybridized carbons (Fsp3) is 0.333. The molecule has 0 aliphatic rings. The molecule has 0 radical (unpaired) electrons. The summed E-state index contributed by atoms with van der Waals surface area (Å²) < 4.78 is 19.0. The molecule has 1 aromatic rings. The summed E-state index contributed by atoms with van der Waals surface area (Å²) in [6, 6.07) is 4.64. The Hall–Kier alpha value is -0.570. The Labute approximate surface area is 79.7 Å². The third-order valence-electron chi connectivity index (χ3n) is 1.26. The van der Waals surface area contributed by atoms with Crippen molar-refractivity contribution in [2.75, 3.05) is 0 Å². The van der Waals surface area contributed by atoms with Crippen molar-refractivity contribution in [3.05, 3.63) is 28.5 Å². The molecule has 0 fully saturated rings. The van der Waals surface area contributed by atoms with E-state index in [1.54, 1.807) is 12.1 Å². The van der Waals surface area contributed by atoms with Crippen LogP contribution in [0.25, 0.3) is 0 Å². The Kier molecular flexibility index (Phi) is 3.09. The van der Waals surface area contributed by atoms with E-state index in [-0.39, 0.29) is 11.9 Å². The fourth-order valence-corrected chi connectivity index (χ4v) is 1.16. The minimum atomic E-state index is -0.327. The maximum Gasteiger partial charge on any atom is 0.165 e. The van der Waals surface area contributed by atoms with Gasteiger partial charge in [0.1, 0.15) is 0 Å². The maximum atomic E-state index is 13.0. The smallest absolute Gasteiger partial charge is 0.165 e. The molecular weight excluding hydrogens is 223 g/mol. The molecule has 0 aromatic heterocycles. The molecule has 0 saturated heterocycles. The molecule has 0 bridgehead atoms. The van der Waals surface area contributed by atoms with Crippen LogP contribution >= 0.6 is 15.9 Å². The SMILES string of the molecule is CC(C)Oc1cc(Br)ccc1F. The summed E-state index contributed by atoms with van der Waals surface area (Å²) in [7, 11) is 0. The molecule has 12 heavy (non-hydrogen) atoms. The van der Waals surface area contributed by atoms with Gasteiger partial charge in [-0.2, -0.15) is 0 Å². The van der Waals surface area contributed by atoms with Gasteiger partial charge in [-0.05, 0) is 32.0 Å². The molecule has 3 heteroatoms. The van der Waals surface area contributed by atoms with Crippen molar-refractivity contribution in [2.24, 2.45) is 0 Å². The molecular formula is C9H10BrFO. The van der Waals surface area contributed by atoms with E-state index >= 15 is 0 Å². The number of rotatable bonds is 2. The van der Waals surface area contributed by atoms with Crippen LogP contribution in [0.5, 0.6) is 5.75 Å². The quantitative estimate of drug-likeness (QED) is 0.760. The van der Waals surface area contributed by atoms with Gasteiger partial charge in [0.2, 0.25) is 0 Å². The Morgan fingerprint density at radius 3 is 2.67 bits per heavy atom. The van der Waals surface area contributed by atoms with Crippen molar-refractivity contribution in [3.8, 4) is 5.75 Å². The third-order valence-corrected chi connectivity index (χ3v) is 1.75. The summed E-state index contributed by atoms with van der Waals surface area (Å²) in [5.41, 5.74) is 0.